The van der Waals surface area contributed by atoms with Gasteiger partial charge in [0, 0.05) is 11.3 Å². The van der Waals surface area contributed by atoms with Gasteiger partial charge in [-0.25, -0.2) is 4.39 Å². The van der Waals surface area contributed by atoms with Crippen molar-refractivity contribution >= 4 is 16.9 Å². The molecule has 13 heavy (non-hydrogen) atoms. The molecule has 0 aromatic carbocycles. The number of halogens is 1. The number of aryl methyl sites for hydroxylation is 1. The van der Waals surface area contributed by atoms with Crippen molar-refractivity contribution in [2.24, 2.45) is 0 Å². The Morgan fingerprint density at radius 2 is 2.15 bits per heavy atom. The van der Waals surface area contributed by atoms with Crippen LogP contribution in [0.1, 0.15) is 23.3 Å². The maximum absolute atomic E-state index is 12.7. The topological polar surface area (TPSA) is 0 Å². The summed E-state index contributed by atoms with van der Waals surface area (Å²) in [6.07, 6.45) is 4.88. The van der Waals surface area contributed by atoms with Gasteiger partial charge in [-0.15, -0.1) is 11.3 Å². The Labute approximate surface area is 81.4 Å². The zero-order chi connectivity index (χ0) is 9.26. The predicted octanol–water partition coefficient (Wildman–Crippen LogP) is 4.09. The molecule has 1 aromatic heterocycles. The fourth-order valence-electron chi connectivity index (χ4n) is 1.50. The molecule has 0 spiro atoms. The van der Waals surface area contributed by atoms with Crippen LogP contribution in [0.15, 0.2) is 29.4 Å². The molecular weight excluding hydrogens is 183 g/mol. The Morgan fingerprint density at radius 1 is 1.31 bits per heavy atom. The molecule has 2 rings (SSSR count). The van der Waals surface area contributed by atoms with Crippen LogP contribution in [0.3, 0.4) is 0 Å². The molecule has 0 bridgehead atoms. The van der Waals surface area contributed by atoms with Gasteiger partial charge >= 0.3 is 0 Å². The fraction of sp³-hybridized carbons (Fsp3) is 0.273. The van der Waals surface area contributed by atoms with Crippen molar-refractivity contribution in [1.29, 1.82) is 0 Å². The molecule has 1 aromatic rings. The van der Waals surface area contributed by atoms with E-state index in [1.165, 1.54) is 16.0 Å². The van der Waals surface area contributed by atoms with E-state index in [1.54, 1.807) is 17.4 Å². The first-order chi connectivity index (χ1) is 6.27. The van der Waals surface area contributed by atoms with Crippen LogP contribution in [0.4, 0.5) is 4.39 Å². The second-order valence-electron chi connectivity index (χ2n) is 3.24. The molecule has 0 amide bonds. The molecular formula is C11H11FS. The van der Waals surface area contributed by atoms with E-state index in [0.29, 0.717) is 6.42 Å². The third-order valence-corrected chi connectivity index (χ3v) is 3.34. The average Bonchev–Trinajstić information content (AvgIpc) is 2.53. The van der Waals surface area contributed by atoms with E-state index >= 15 is 0 Å². The maximum Gasteiger partial charge on any atom is 0.100 e. The zero-order valence-electron chi connectivity index (χ0n) is 7.51. The largest absolute Gasteiger partial charge is 0.212 e. The predicted molar refractivity (Wildman–Crippen MR) is 55.5 cm³/mol. The van der Waals surface area contributed by atoms with Crippen LogP contribution >= 0.6 is 11.3 Å². The van der Waals surface area contributed by atoms with Gasteiger partial charge in [0.25, 0.3) is 0 Å². The summed E-state index contributed by atoms with van der Waals surface area (Å²) in [4.78, 5) is 1.31. The number of rotatable bonds is 1. The Hall–Kier alpha value is -0.890. The summed E-state index contributed by atoms with van der Waals surface area (Å²) in [6.45, 7) is 2.10. The van der Waals surface area contributed by atoms with E-state index < -0.39 is 0 Å². The number of hydrogen-bond acceptors (Lipinski definition) is 1. The van der Waals surface area contributed by atoms with Gasteiger partial charge in [0.15, 0.2) is 0 Å². The minimum Gasteiger partial charge on any atom is -0.212 e. The molecule has 1 heterocycles. The quantitative estimate of drug-likeness (QED) is 0.631. The second kappa shape index (κ2) is 3.46. The monoisotopic (exact) mass is 194 g/mol. The van der Waals surface area contributed by atoms with Crippen LogP contribution in [0, 0.1) is 6.92 Å². The van der Waals surface area contributed by atoms with Crippen LogP contribution < -0.4 is 0 Å². The van der Waals surface area contributed by atoms with Crippen molar-refractivity contribution in [3.8, 4) is 0 Å². The zero-order valence-corrected chi connectivity index (χ0v) is 8.33. The summed E-state index contributed by atoms with van der Waals surface area (Å²) in [5, 5.41) is 2.08. The molecule has 0 saturated heterocycles. The molecule has 0 N–H and O–H groups in total. The van der Waals surface area contributed by atoms with Crippen molar-refractivity contribution in [3.63, 3.8) is 0 Å². The minimum atomic E-state index is -0.00189. The lowest BCUT2D eigenvalue weighted by molar-refractivity contribution is 0.590. The van der Waals surface area contributed by atoms with Crippen molar-refractivity contribution in [2.45, 2.75) is 19.8 Å². The highest BCUT2D eigenvalue weighted by molar-refractivity contribution is 7.11. The van der Waals surface area contributed by atoms with Gasteiger partial charge in [0.1, 0.15) is 5.83 Å². The van der Waals surface area contributed by atoms with Gasteiger partial charge in [0.2, 0.25) is 0 Å². The Kier molecular flexibility index (Phi) is 2.32. The standard InChI is InChI=1S/C11H11FS/c1-8-6-7-13-11(8)9-2-4-10(12)5-3-9/h2,4,6-7H,3,5H2,1H3. The van der Waals surface area contributed by atoms with E-state index in [4.69, 9.17) is 0 Å². The first kappa shape index (κ1) is 8.70. The molecule has 0 atom stereocenters. The Bertz CT molecular complexity index is 371. The summed E-state index contributed by atoms with van der Waals surface area (Å²) in [5.41, 5.74) is 2.57. The number of hydrogen-bond donors (Lipinski definition) is 0. The average molecular weight is 194 g/mol. The van der Waals surface area contributed by atoms with Crippen molar-refractivity contribution in [2.75, 3.05) is 0 Å². The number of thiophene rings is 1. The molecule has 1 aliphatic carbocycles. The molecule has 1 aliphatic rings. The van der Waals surface area contributed by atoms with Gasteiger partial charge in [0.05, 0.1) is 0 Å². The van der Waals surface area contributed by atoms with E-state index in [1.807, 2.05) is 6.08 Å². The number of allylic oxidation sites excluding steroid dienone is 4. The van der Waals surface area contributed by atoms with Gasteiger partial charge in [-0.2, -0.15) is 0 Å². The summed E-state index contributed by atoms with van der Waals surface area (Å²) in [5.74, 6) is -0.00189. The van der Waals surface area contributed by atoms with E-state index in [0.717, 1.165) is 6.42 Å². The molecule has 0 unspecified atom stereocenters. The normalized spacial score (nSPS) is 16.8. The van der Waals surface area contributed by atoms with Crippen molar-refractivity contribution in [1.82, 2.24) is 0 Å². The summed E-state index contributed by atoms with van der Waals surface area (Å²) >= 11 is 1.74. The first-order valence-electron chi connectivity index (χ1n) is 4.37. The summed E-state index contributed by atoms with van der Waals surface area (Å²) in [7, 11) is 0. The van der Waals surface area contributed by atoms with Crippen LogP contribution in [-0.4, -0.2) is 0 Å². The SMILES string of the molecule is Cc1ccsc1C1=CC=C(F)CC1. The van der Waals surface area contributed by atoms with Gasteiger partial charge < -0.3 is 0 Å². The minimum absolute atomic E-state index is 0.00189. The van der Waals surface area contributed by atoms with Gasteiger partial charge in [-0.05, 0) is 42.0 Å². The highest BCUT2D eigenvalue weighted by atomic mass is 32.1. The Morgan fingerprint density at radius 3 is 2.69 bits per heavy atom. The lowest BCUT2D eigenvalue weighted by Gasteiger charge is -2.09. The lowest BCUT2D eigenvalue weighted by atomic mass is 10.0. The highest BCUT2D eigenvalue weighted by Gasteiger charge is 2.10. The molecule has 68 valence electrons. The second-order valence-corrected chi connectivity index (χ2v) is 4.15. The Balaban J connectivity index is 2.33. The summed E-state index contributed by atoms with van der Waals surface area (Å²) in [6, 6.07) is 2.11. The van der Waals surface area contributed by atoms with Crippen LogP contribution in [0.5, 0.6) is 0 Å². The third kappa shape index (κ3) is 1.73. The van der Waals surface area contributed by atoms with E-state index in [2.05, 4.69) is 18.4 Å². The molecule has 0 radical (unpaired) electrons. The summed E-state index contributed by atoms with van der Waals surface area (Å²) < 4.78 is 12.7. The highest BCUT2D eigenvalue weighted by Crippen LogP contribution is 2.32. The van der Waals surface area contributed by atoms with Crippen LogP contribution in [0.25, 0.3) is 5.57 Å². The smallest absolute Gasteiger partial charge is 0.100 e. The molecule has 0 aliphatic heterocycles. The van der Waals surface area contributed by atoms with Gasteiger partial charge in [-0.1, -0.05) is 6.08 Å². The van der Waals surface area contributed by atoms with Crippen molar-refractivity contribution < 1.29 is 4.39 Å². The fourth-order valence-corrected chi connectivity index (χ4v) is 2.49. The van der Waals surface area contributed by atoms with Gasteiger partial charge in [-0.3, -0.25) is 0 Å². The third-order valence-electron chi connectivity index (χ3n) is 2.25. The van der Waals surface area contributed by atoms with Crippen LogP contribution in [-0.2, 0) is 0 Å². The van der Waals surface area contributed by atoms with Crippen molar-refractivity contribution in [3.05, 3.63) is 39.9 Å². The first-order valence-corrected chi connectivity index (χ1v) is 5.25. The lowest BCUT2D eigenvalue weighted by Crippen LogP contribution is -1.89. The van der Waals surface area contributed by atoms with E-state index in [-0.39, 0.29) is 5.83 Å². The van der Waals surface area contributed by atoms with E-state index in [9.17, 15) is 4.39 Å². The maximum atomic E-state index is 12.7. The molecule has 0 nitrogen and oxygen atoms in total. The molecule has 2 heteroatoms. The molecule has 0 saturated carbocycles. The van der Waals surface area contributed by atoms with Crippen LogP contribution in [0.2, 0.25) is 0 Å². The molecule has 0 fully saturated rings.